The molecule has 3 aromatic rings. The second-order valence-electron chi connectivity index (χ2n) is 6.58. The predicted octanol–water partition coefficient (Wildman–Crippen LogP) is 3.80. The molecule has 0 aliphatic carbocycles. The summed E-state index contributed by atoms with van der Waals surface area (Å²) in [7, 11) is 0. The molecule has 0 fully saturated rings. The van der Waals surface area contributed by atoms with Gasteiger partial charge in [-0.1, -0.05) is 42.5 Å². The van der Waals surface area contributed by atoms with Gasteiger partial charge in [0.15, 0.2) is 6.61 Å². The largest absolute Gasteiger partial charge is 0.508 e. The highest BCUT2D eigenvalue weighted by atomic mass is 16.5. The minimum absolute atomic E-state index is 0.124. The summed E-state index contributed by atoms with van der Waals surface area (Å²) in [5, 5.41) is 19.1. The van der Waals surface area contributed by atoms with Crippen molar-refractivity contribution in [1.82, 2.24) is 0 Å². The molecule has 148 valence electrons. The molecule has 0 aliphatic rings. The average molecular weight is 391 g/mol. The minimum atomic E-state index is -0.847. The predicted molar refractivity (Wildman–Crippen MR) is 109 cm³/mol. The highest BCUT2D eigenvalue weighted by Gasteiger charge is 2.20. The number of hydrogen-bond donors (Lipinski definition) is 2. The summed E-state index contributed by atoms with van der Waals surface area (Å²) < 4.78 is 5.11. The van der Waals surface area contributed by atoms with E-state index in [0.717, 1.165) is 17.2 Å². The van der Waals surface area contributed by atoms with Crippen LogP contribution in [0.1, 0.15) is 21.5 Å². The summed E-state index contributed by atoms with van der Waals surface area (Å²) in [4.78, 5) is 26.6. The maximum Gasteiger partial charge on any atom is 0.342 e. The molecule has 29 heavy (non-hydrogen) atoms. The van der Waals surface area contributed by atoms with Gasteiger partial charge in [0.1, 0.15) is 17.1 Å². The van der Waals surface area contributed by atoms with Gasteiger partial charge < -0.3 is 19.8 Å². The lowest BCUT2D eigenvalue weighted by Crippen LogP contribution is -2.34. The van der Waals surface area contributed by atoms with E-state index >= 15 is 0 Å². The Balaban J connectivity index is 1.76. The van der Waals surface area contributed by atoms with Gasteiger partial charge in [0.2, 0.25) is 0 Å². The van der Waals surface area contributed by atoms with Crippen LogP contribution in [0.5, 0.6) is 11.5 Å². The molecule has 0 heterocycles. The summed E-state index contributed by atoms with van der Waals surface area (Å²) in [5.74, 6) is -1.84. The van der Waals surface area contributed by atoms with Gasteiger partial charge in [-0.25, -0.2) is 4.79 Å². The van der Waals surface area contributed by atoms with Crippen LogP contribution in [-0.2, 0) is 16.1 Å². The van der Waals surface area contributed by atoms with Gasteiger partial charge in [-0.15, -0.1) is 0 Å². The van der Waals surface area contributed by atoms with Gasteiger partial charge in [0.25, 0.3) is 5.91 Å². The molecule has 2 N–H and O–H groups in total. The van der Waals surface area contributed by atoms with Crippen molar-refractivity contribution < 1.29 is 24.5 Å². The quantitative estimate of drug-likeness (QED) is 0.624. The Morgan fingerprint density at radius 1 is 0.931 bits per heavy atom. The number of hydrogen-bond acceptors (Lipinski definition) is 5. The van der Waals surface area contributed by atoms with Crippen molar-refractivity contribution >= 4 is 17.6 Å². The molecule has 3 rings (SSSR count). The van der Waals surface area contributed by atoms with Crippen LogP contribution >= 0.6 is 0 Å². The minimum Gasteiger partial charge on any atom is -0.508 e. The van der Waals surface area contributed by atoms with Crippen LogP contribution in [0, 0.1) is 6.92 Å². The number of esters is 1. The number of anilines is 1. The second-order valence-corrected chi connectivity index (χ2v) is 6.58. The van der Waals surface area contributed by atoms with Gasteiger partial charge >= 0.3 is 5.97 Å². The van der Waals surface area contributed by atoms with Crippen LogP contribution < -0.4 is 4.90 Å². The van der Waals surface area contributed by atoms with E-state index in [1.54, 1.807) is 4.90 Å². The highest BCUT2D eigenvalue weighted by molar-refractivity contribution is 5.98. The third-order valence-corrected chi connectivity index (χ3v) is 4.33. The molecule has 3 aromatic carbocycles. The lowest BCUT2D eigenvalue weighted by molar-refractivity contribution is -0.121. The summed E-state index contributed by atoms with van der Waals surface area (Å²) in [5.41, 5.74) is 2.51. The Labute approximate surface area is 168 Å². The monoisotopic (exact) mass is 391 g/mol. The third-order valence-electron chi connectivity index (χ3n) is 4.33. The van der Waals surface area contributed by atoms with Crippen LogP contribution in [0.2, 0.25) is 0 Å². The zero-order chi connectivity index (χ0) is 20.8. The fourth-order valence-electron chi connectivity index (χ4n) is 2.86. The number of amides is 1. The number of aromatic hydroxyl groups is 2. The Hall–Kier alpha value is -3.80. The van der Waals surface area contributed by atoms with Gasteiger partial charge in [0, 0.05) is 11.8 Å². The maximum atomic E-state index is 12.9. The Kier molecular flexibility index (Phi) is 6.14. The van der Waals surface area contributed by atoms with E-state index < -0.39 is 24.2 Å². The number of rotatable bonds is 6. The van der Waals surface area contributed by atoms with Crippen LogP contribution in [-0.4, -0.2) is 28.7 Å². The van der Waals surface area contributed by atoms with E-state index in [1.807, 2.05) is 61.5 Å². The number of phenolic OH excluding ortho intramolecular Hbond substituents is 2. The maximum absolute atomic E-state index is 12.9. The average Bonchev–Trinajstić information content (AvgIpc) is 2.71. The zero-order valence-electron chi connectivity index (χ0n) is 15.9. The van der Waals surface area contributed by atoms with Crippen LogP contribution in [0.4, 0.5) is 5.69 Å². The molecule has 0 atom stereocenters. The standard InChI is InChI=1S/C23H21NO5/c1-16-6-5-9-18(12-16)24(14-17-7-3-2-4-8-17)22(27)15-29-23(28)20-11-10-19(25)13-21(20)26/h2-13,25-26H,14-15H2,1H3. The topological polar surface area (TPSA) is 87.1 Å². The molecule has 0 spiro atoms. The van der Waals surface area contributed by atoms with Crippen molar-refractivity contribution in [2.75, 3.05) is 11.5 Å². The normalized spacial score (nSPS) is 10.4. The number of benzene rings is 3. The lowest BCUT2D eigenvalue weighted by Gasteiger charge is -2.23. The molecule has 1 amide bonds. The number of carbonyl (C=O) groups excluding carboxylic acids is 2. The summed E-state index contributed by atoms with van der Waals surface area (Å²) >= 11 is 0. The second kappa shape index (κ2) is 8.93. The fraction of sp³-hybridized carbons (Fsp3) is 0.130. The van der Waals surface area contributed by atoms with Gasteiger partial charge in [-0.05, 0) is 42.3 Å². The summed E-state index contributed by atoms with van der Waals surface area (Å²) in [6, 6.07) is 20.5. The van der Waals surface area contributed by atoms with Crippen molar-refractivity contribution in [2.24, 2.45) is 0 Å². The number of ether oxygens (including phenoxy) is 1. The Morgan fingerprint density at radius 3 is 2.38 bits per heavy atom. The molecule has 0 saturated carbocycles. The van der Waals surface area contributed by atoms with Crippen LogP contribution in [0.3, 0.4) is 0 Å². The molecule has 0 aromatic heterocycles. The van der Waals surface area contributed by atoms with Gasteiger partial charge in [-0.2, -0.15) is 0 Å². The van der Waals surface area contributed by atoms with Crippen molar-refractivity contribution in [3.8, 4) is 11.5 Å². The Bertz CT molecular complexity index is 1020. The molecule has 0 aliphatic heterocycles. The zero-order valence-corrected chi connectivity index (χ0v) is 15.9. The van der Waals surface area contributed by atoms with E-state index in [-0.39, 0.29) is 11.3 Å². The molecule has 6 heteroatoms. The first-order valence-corrected chi connectivity index (χ1v) is 9.04. The highest BCUT2D eigenvalue weighted by Crippen LogP contribution is 2.24. The number of phenols is 2. The van der Waals surface area contributed by atoms with Crippen LogP contribution in [0.15, 0.2) is 72.8 Å². The van der Waals surface area contributed by atoms with Crippen molar-refractivity contribution in [2.45, 2.75) is 13.5 Å². The van der Waals surface area contributed by atoms with E-state index in [1.165, 1.54) is 12.1 Å². The first-order valence-electron chi connectivity index (χ1n) is 9.04. The van der Waals surface area contributed by atoms with E-state index in [4.69, 9.17) is 4.74 Å². The van der Waals surface area contributed by atoms with Gasteiger partial charge in [0.05, 0.1) is 6.54 Å². The van der Waals surface area contributed by atoms with Crippen molar-refractivity contribution in [3.63, 3.8) is 0 Å². The lowest BCUT2D eigenvalue weighted by atomic mass is 10.1. The number of aryl methyl sites for hydroxylation is 1. The van der Waals surface area contributed by atoms with E-state index in [9.17, 15) is 19.8 Å². The molecular weight excluding hydrogens is 370 g/mol. The smallest absolute Gasteiger partial charge is 0.342 e. The molecular formula is C23H21NO5. The van der Waals surface area contributed by atoms with E-state index in [0.29, 0.717) is 12.2 Å². The fourth-order valence-corrected chi connectivity index (χ4v) is 2.86. The molecule has 0 bridgehead atoms. The number of carbonyl (C=O) groups is 2. The van der Waals surface area contributed by atoms with Crippen LogP contribution in [0.25, 0.3) is 0 Å². The third kappa shape index (κ3) is 5.13. The molecule has 6 nitrogen and oxygen atoms in total. The molecule has 0 unspecified atom stereocenters. The Morgan fingerprint density at radius 2 is 1.69 bits per heavy atom. The van der Waals surface area contributed by atoms with Crippen molar-refractivity contribution in [1.29, 1.82) is 0 Å². The van der Waals surface area contributed by atoms with E-state index in [2.05, 4.69) is 0 Å². The van der Waals surface area contributed by atoms with Crippen molar-refractivity contribution in [3.05, 3.63) is 89.5 Å². The van der Waals surface area contributed by atoms with Gasteiger partial charge in [-0.3, -0.25) is 4.79 Å². The molecule has 0 radical (unpaired) electrons. The number of nitrogens with zero attached hydrogens (tertiary/aromatic N) is 1. The SMILES string of the molecule is Cc1cccc(N(Cc2ccccc2)C(=O)COC(=O)c2ccc(O)cc2O)c1. The molecule has 0 saturated heterocycles. The first kappa shape index (κ1) is 19.9. The summed E-state index contributed by atoms with van der Waals surface area (Å²) in [6.45, 7) is 1.77. The summed E-state index contributed by atoms with van der Waals surface area (Å²) in [6.07, 6.45) is 0. The first-order chi connectivity index (χ1) is 13.9.